The Kier molecular flexibility index (Phi) is 6.22. The van der Waals surface area contributed by atoms with Crippen molar-refractivity contribution in [1.29, 1.82) is 0 Å². The van der Waals surface area contributed by atoms with Gasteiger partial charge in [-0.25, -0.2) is 0 Å². The second kappa shape index (κ2) is 9.01. The van der Waals surface area contributed by atoms with Gasteiger partial charge in [0.15, 0.2) is 11.8 Å². The van der Waals surface area contributed by atoms with Crippen molar-refractivity contribution in [3.63, 3.8) is 0 Å². The van der Waals surface area contributed by atoms with Gasteiger partial charge < -0.3 is 23.7 Å². The van der Waals surface area contributed by atoms with E-state index in [-0.39, 0.29) is 17.9 Å². The van der Waals surface area contributed by atoms with E-state index < -0.39 is 0 Å². The normalized spacial score (nSPS) is 21.3. The number of ether oxygens (including phenoxy) is 2. The van der Waals surface area contributed by atoms with Crippen molar-refractivity contribution in [2.45, 2.75) is 19.0 Å². The maximum atomic E-state index is 13.6. The molecular weight excluding hydrogens is 356 g/mol. The number of benzene rings is 1. The molecule has 0 saturated carbocycles. The molecule has 2 atom stereocenters. The Labute approximate surface area is 166 Å². The van der Waals surface area contributed by atoms with Crippen LogP contribution in [0.4, 0.5) is 0 Å². The average Bonchev–Trinajstić information content (AvgIpc) is 3.29. The van der Waals surface area contributed by atoms with E-state index >= 15 is 0 Å². The maximum Gasteiger partial charge on any atom is 0.261 e. The summed E-state index contributed by atoms with van der Waals surface area (Å²) in [6, 6.07) is 12.1. The highest BCUT2D eigenvalue weighted by Gasteiger charge is 2.46. The van der Waals surface area contributed by atoms with Crippen molar-refractivity contribution in [2.75, 3.05) is 52.6 Å². The Hall–Kier alpha value is -1.99. The Bertz CT molecular complexity index is 747. The lowest BCUT2D eigenvalue weighted by molar-refractivity contribution is -0.999. The maximum absolute atomic E-state index is 13.6. The molecule has 1 aromatic heterocycles. The SMILES string of the molecule is Cc1ccc([C@H]([C@H](C(=O)c2ccco2)[NH+]2CCOCC2)[NH+]2CCOCC2)cc1. The highest BCUT2D eigenvalue weighted by molar-refractivity contribution is 5.97. The van der Waals surface area contributed by atoms with Crippen LogP contribution in [0.5, 0.6) is 0 Å². The van der Waals surface area contributed by atoms with Gasteiger partial charge in [0.1, 0.15) is 26.2 Å². The number of morpholine rings is 2. The van der Waals surface area contributed by atoms with Gasteiger partial charge in [-0.2, -0.15) is 0 Å². The van der Waals surface area contributed by atoms with E-state index in [1.165, 1.54) is 20.9 Å². The molecule has 6 heteroatoms. The van der Waals surface area contributed by atoms with E-state index in [4.69, 9.17) is 13.9 Å². The first-order valence-corrected chi connectivity index (χ1v) is 10.2. The lowest BCUT2D eigenvalue weighted by Crippen LogP contribution is -3.25. The number of quaternary nitrogens is 2. The molecule has 2 N–H and O–H groups in total. The summed E-state index contributed by atoms with van der Waals surface area (Å²) in [5, 5.41) is 0. The van der Waals surface area contributed by atoms with Gasteiger partial charge in [0.25, 0.3) is 5.78 Å². The van der Waals surface area contributed by atoms with Crippen LogP contribution in [0.25, 0.3) is 0 Å². The van der Waals surface area contributed by atoms with E-state index in [1.54, 1.807) is 18.4 Å². The zero-order valence-corrected chi connectivity index (χ0v) is 16.5. The van der Waals surface area contributed by atoms with E-state index in [0.29, 0.717) is 19.0 Å². The number of hydrogen-bond donors (Lipinski definition) is 2. The van der Waals surface area contributed by atoms with Gasteiger partial charge in [-0.3, -0.25) is 4.79 Å². The summed E-state index contributed by atoms with van der Waals surface area (Å²) in [4.78, 5) is 16.3. The van der Waals surface area contributed by atoms with Crippen molar-refractivity contribution in [3.8, 4) is 0 Å². The summed E-state index contributed by atoms with van der Waals surface area (Å²) in [6.07, 6.45) is 1.58. The van der Waals surface area contributed by atoms with Crippen LogP contribution in [0.1, 0.15) is 27.7 Å². The third-order valence-electron chi connectivity index (χ3n) is 5.97. The van der Waals surface area contributed by atoms with Crippen LogP contribution in [-0.4, -0.2) is 64.4 Å². The fourth-order valence-corrected chi connectivity index (χ4v) is 4.47. The number of aryl methyl sites for hydroxylation is 1. The molecule has 2 aromatic rings. The van der Waals surface area contributed by atoms with E-state index in [9.17, 15) is 4.79 Å². The Morgan fingerprint density at radius 2 is 1.50 bits per heavy atom. The molecule has 2 saturated heterocycles. The van der Waals surface area contributed by atoms with Gasteiger partial charge in [-0.1, -0.05) is 29.8 Å². The van der Waals surface area contributed by atoms with Gasteiger partial charge in [0, 0.05) is 5.56 Å². The molecule has 0 radical (unpaired) electrons. The van der Waals surface area contributed by atoms with Gasteiger partial charge >= 0.3 is 0 Å². The standard InChI is InChI=1S/C22H28N2O4/c1-17-4-6-18(7-5-17)20(23-8-13-26-14-9-23)21(24-10-15-27-16-11-24)22(25)19-3-2-12-28-19/h2-7,12,20-21H,8-11,13-16H2,1H3/p+2/t20-,21-/m1/s1. The number of carbonyl (C=O) groups is 1. The molecule has 0 bridgehead atoms. The zero-order chi connectivity index (χ0) is 19.3. The molecule has 4 rings (SSSR count). The highest BCUT2D eigenvalue weighted by atomic mass is 16.5. The third-order valence-corrected chi connectivity index (χ3v) is 5.97. The van der Waals surface area contributed by atoms with Crippen LogP contribution >= 0.6 is 0 Å². The molecule has 6 nitrogen and oxygen atoms in total. The minimum Gasteiger partial charge on any atom is -0.461 e. The fraction of sp³-hybridized carbons (Fsp3) is 0.500. The molecule has 0 aliphatic carbocycles. The molecule has 150 valence electrons. The number of rotatable bonds is 6. The Morgan fingerprint density at radius 1 is 0.893 bits per heavy atom. The van der Waals surface area contributed by atoms with Crippen molar-refractivity contribution < 1.29 is 28.5 Å². The minimum atomic E-state index is -0.203. The van der Waals surface area contributed by atoms with Crippen LogP contribution in [0.2, 0.25) is 0 Å². The lowest BCUT2D eigenvalue weighted by Gasteiger charge is -2.39. The topological polar surface area (TPSA) is 57.5 Å². The highest BCUT2D eigenvalue weighted by Crippen LogP contribution is 2.18. The van der Waals surface area contributed by atoms with E-state index in [2.05, 4.69) is 31.2 Å². The molecule has 3 heterocycles. The Balaban J connectivity index is 1.74. The molecule has 0 spiro atoms. The fourth-order valence-electron chi connectivity index (χ4n) is 4.47. The second-order valence-electron chi connectivity index (χ2n) is 7.75. The summed E-state index contributed by atoms with van der Waals surface area (Å²) in [5.41, 5.74) is 2.44. The number of ketones is 1. The molecule has 28 heavy (non-hydrogen) atoms. The van der Waals surface area contributed by atoms with Crippen LogP contribution in [0.3, 0.4) is 0 Å². The van der Waals surface area contributed by atoms with Crippen LogP contribution in [0.15, 0.2) is 47.1 Å². The van der Waals surface area contributed by atoms with Crippen LogP contribution in [-0.2, 0) is 9.47 Å². The predicted molar refractivity (Wildman–Crippen MR) is 104 cm³/mol. The smallest absolute Gasteiger partial charge is 0.261 e. The van der Waals surface area contributed by atoms with Gasteiger partial charge in [0.2, 0.25) is 6.04 Å². The van der Waals surface area contributed by atoms with Crippen molar-refractivity contribution in [2.24, 2.45) is 0 Å². The molecule has 0 amide bonds. The van der Waals surface area contributed by atoms with Crippen molar-refractivity contribution in [3.05, 3.63) is 59.5 Å². The van der Waals surface area contributed by atoms with Crippen molar-refractivity contribution >= 4 is 5.78 Å². The van der Waals surface area contributed by atoms with Gasteiger partial charge in [0.05, 0.1) is 32.7 Å². The number of Topliss-reactive ketones (excluding diaryl/α,β-unsaturated/α-hetero) is 1. The largest absolute Gasteiger partial charge is 0.461 e. The minimum absolute atomic E-state index is 0.0650. The monoisotopic (exact) mass is 386 g/mol. The van der Waals surface area contributed by atoms with Gasteiger partial charge in [-0.05, 0) is 19.1 Å². The average molecular weight is 386 g/mol. The lowest BCUT2D eigenvalue weighted by atomic mass is 9.91. The summed E-state index contributed by atoms with van der Waals surface area (Å²) in [7, 11) is 0. The third kappa shape index (κ3) is 4.20. The molecule has 2 aliphatic rings. The first-order valence-electron chi connectivity index (χ1n) is 10.2. The van der Waals surface area contributed by atoms with Crippen molar-refractivity contribution in [1.82, 2.24) is 0 Å². The number of carbonyl (C=O) groups excluding carboxylic acids is 1. The summed E-state index contributed by atoms with van der Waals surface area (Å²) >= 11 is 0. The van der Waals surface area contributed by atoms with Gasteiger partial charge in [-0.15, -0.1) is 0 Å². The number of hydrogen-bond acceptors (Lipinski definition) is 4. The number of furan rings is 1. The quantitative estimate of drug-likeness (QED) is 0.670. The second-order valence-corrected chi connectivity index (χ2v) is 7.75. The predicted octanol–water partition coefficient (Wildman–Crippen LogP) is -0.289. The first kappa shape index (κ1) is 19.3. The van der Waals surface area contributed by atoms with Crippen LogP contribution in [0, 0.1) is 6.92 Å². The Morgan fingerprint density at radius 3 is 2.07 bits per heavy atom. The first-order chi connectivity index (χ1) is 13.7. The molecule has 2 aliphatic heterocycles. The van der Waals surface area contributed by atoms with E-state index in [1.807, 2.05) is 0 Å². The van der Waals surface area contributed by atoms with E-state index in [0.717, 1.165) is 39.4 Å². The summed E-state index contributed by atoms with van der Waals surface area (Å²) < 4.78 is 16.7. The molecule has 1 aromatic carbocycles. The molecule has 0 unspecified atom stereocenters. The number of nitrogens with one attached hydrogen (secondary N) is 2. The summed E-state index contributed by atoms with van der Waals surface area (Å²) in [6.45, 7) is 8.43. The molecular formula is C22H30N2O4+2. The zero-order valence-electron chi connectivity index (χ0n) is 16.5. The van der Waals surface area contributed by atoms with Crippen LogP contribution < -0.4 is 9.80 Å². The summed E-state index contributed by atoms with van der Waals surface area (Å²) in [5.74, 6) is 0.542. The molecule has 2 fully saturated rings.